The molecule has 1 aromatic rings. The van der Waals surface area contributed by atoms with E-state index in [0.717, 1.165) is 29.5 Å². The molecule has 0 heterocycles. The summed E-state index contributed by atoms with van der Waals surface area (Å²) in [5.74, 6) is 0.846. The lowest BCUT2D eigenvalue weighted by Crippen LogP contribution is -2.39. The van der Waals surface area contributed by atoms with E-state index in [1.807, 2.05) is 49.9 Å². The summed E-state index contributed by atoms with van der Waals surface area (Å²) in [5, 5.41) is 0. The molecule has 1 amide bonds. The third kappa shape index (κ3) is 5.87. The van der Waals surface area contributed by atoms with Crippen LogP contribution < -0.4 is 4.74 Å². The minimum Gasteiger partial charge on any atom is -0.494 e. The number of ether oxygens (including phenoxy) is 2. The molecule has 0 spiro atoms. The lowest BCUT2D eigenvalue weighted by Gasteiger charge is -2.27. The van der Waals surface area contributed by atoms with Crippen molar-refractivity contribution in [2.75, 3.05) is 13.2 Å². The first kappa shape index (κ1) is 17.1. The molecule has 0 unspecified atom stereocenters. The molecule has 0 atom stereocenters. The number of carbonyl (C=O) groups excluding carboxylic acids is 1. The molecule has 0 N–H and O–H groups in total. The molecule has 0 saturated heterocycles. The zero-order valence-corrected chi connectivity index (χ0v) is 15.1. The van der Waals surface area contributed by atoms with Crippen LogP contribution in [0.5, 0.6) is 5.75 Å². The molecule has 0 bridgehead atoms. The number of nitrogens with zero attached hydrogens (tertiary/aromatic N) is 1. The van der Waals surface area contributed by atoms with Crippen molar-refractivity contribution in [1.82, 2.24) is 4.90 Å². The molecule has 22 heavy (non-hydrogen) atoms. The summed E-state index contributed by atoms with van der Waals surface area (Å²) < 4.78 is 12.2. The molecular formula is C17H24BrNO3. The molecule has 1 aliphatic carbocycles. The summed E-state index contributed by atoms with van der Waals surface area (Å²) in [7, 11) is 0. The maximum atomic E-state index is 12.2. The summed E-state index contributed by atoms with van der Waals surface area (Å²) in [6, 6.07) is 8.11. The first-order valence-corrected chi connectivity index (χ1v) is 8.52. The Hall–Kier alpha value is -1.23. The van der Waals surface area contributed by atoms with E-state index in [9.17, 15) is 4.79 Å². The van der Waals surface area contributed by atoms with Crippen LogP contribution in [0.3, 0.4) is 0 Å². The smallest absolute Gasteiger partial charge is 0.410 e. The lowest BCUT2D eigenvalue weighted by molar-refractivity contribution is 0.0225. The number of amides is 1. The highest BCUT2D eigenvalue weighted by Gasteiger charge is 2.34. The molecule has 2 rings (SSSR count). The number of carbonyl (C=O) groups is 1. The average molecular weight is 370 g/mol. The van der Waals surface area contributed by atoms with E-state index in [0.29, 0.717) is 19.2 Å². The van der Waals surface area contributed by atoms with E-state index in [1.165, 1.54) is 0 Å². The Bertz CT molecular complexity index is 492. The van der Waals surface area contributed by atoms with Crippen molar-refractivity contribution in [1.29, 1.82) is 0 Å². The summed E-state index contributed by atoms with van der Waals surface area (Å²) in [4.78, 5) is 14.0. The largest absolute Gasteiger partial charge is 0.494 e. The fourth-order valence-corrected chi connectivity index (χ4v) is 2.35. The zero-order valence-electron chi connectivity index (χ0n) is 13.5. The van der Waals surface area contributed by atoms with Gasteiger partial charge in [0.05, 0.1) is 6.61 Å². The van der Waals surface area contributed by atoms with E-state index in [4.69, 9.17) is 9.47 Å². The van der Waals surface area contributed by atoms with E-state index in [2.05, 4.69) is 15.9 Å². The van der Waals surface area contributed by atoms with Crippen LogP contribution in [0.15, 0.2) is 28.7 Å². The second kappa shape index (κ2) is 7.36. The lowest BCUT2D eigenvalue weighted by atomic mass is 10.2. The summed E-state index contributed by atoms with van der Waals surface area (Å²) in [6.45, 7) is 6.95. The van der Waals surface area contributed by atoms with Crippen molar-refractivity contribution in [3.05, 3.63) is 28.7 Å². The van der Waals surface area contributed by atoms with Crippen LogP contribution in [0.2, 0.25) is 0 Å². The van der Waals surface area contributed by atoms with Gasteiger partial charge in [-0.3, -0.25) is 0 Å². The highest BCUT2D eigenvalue weighted by molar-refractivity contribution is 9.10. The van der Waals surface area contributed by atoms with Crippen molar-refractivity contribution in [3.8, 4) is 5.75 Å². The summed E-state index contributed by atoms with van der Waals surface area (Å²) in [6.07, 6.45) is 2.74. The molecule has 1 aliphatic rings. The van der Waals surface area contributed by atoms with Crippen molar-refractivity contribution in [2.45, 2.75) is 51.7 Å². The topological polar surface area (TPSA) is 38.8 Å². The Morgan fingerprint density at radius 1 is 1.27 bits per heavy atom. The van der Waals surface area contributed by atoms with Gasteiger partial charge in [0.15, 0.2) is 0 Å². The first-order chi connectivity index (χ1) is 10.3. The van der Waals surface area contributed by atoms with Crippen LogP contribution in [-0.2, 0) is 4.74 Å². The standard InChI is InChI=1S/C17H24BrNO3/c1-17(2,3)22-16(20)19(14-7-8-14)11-4-12-21-15-9-5-13(18)6-10-15/h5-6,9-10,14H,4,7-8,11-12H2,1-3H3. The van der Waals surface area contributed by atoms with Crippen molar-refractivity contribution < 1.29 is 14.3 Å². The Kier molecular flexibility index (Phi) is 5.73. The van der Waals surface area contributed by atoms with Crippen LogP contribution in [0.25, 0.3) is 0 Å². The third-order valence-electron chi connectivity index (χ3n) is 3.24. The highest BCUT2D eigenvalue weighted by atomic mass is 79.9. The fourth-order valence-electron chi connectivity index (χ4n) is 2.09. The SMILES string of the molecule is CC(C)(C)OC(=O)N(CCCOc1ccc(Br)cc1)C1CC1. The molecule has 1 aromatic carbocycles. The number of halogens is 1. The predicted octanol–water partition coefficient (Wildman–Crippen LogP) is 4.62. The second-order valence-corrected chi connectivity index (χ2v) is 7.48. The van der Waals surface area contributed by atoms with Crippen molar-refractivity contribution in [2.24, 2.45) is 0 Å². The Balaban J connectivity index is 1.75. The van der Waals surface area contributed by atoms with Gasteiger partial charge in [-0.2, -0.15) is 0 Å². The third-order valence-corrected chi connectivity index (χ3v) is 3.77. The van der Waals surface area contributed by atoms with Gasteiger partial charge in [0, 0.05) is 17.1 Å². The van der Waals surface area contributed by atoms with Crippen LogP contribution in [-0.4, -0.2) is 35.8 Å². The van der Waals surface area contributed by atoms with Crippen LogP contribution in [0.1, 0.15) is 40.0 Å². The molecule has 5 heteroatoms. The fraction of sp³-hybridized carbons (Fsp3) is 0.588. The minimum absolute atomic E-state index is 0.210. The normalized spacial score (nSPS) is 14.5. The van der Waals surface area contributed by atoms with Gasteiger partial charge in [-0.1, -0.05) is 15.9 Å². The van der Waals surface area contributed by atoms with Gasteiger partial charge >= 0.3 is 6.09 Å². The predicted molar refractivity (Wildman–Crippen MR) is 90.2 cm³/mol. The van der Waals surface area contributed by atoms with Gasteiger partial charge in [-0.25, -0.2) is 4.79 Å². The molecule has 1 saturated carbocycles. The van der Waals surface area contributed by atoms with Crippen LogP contribution >= 0.6 is 15.9 Å². The molecule has 122 valence electrons. The Morgan fingerprint density at radius 3 is 2.45 bits per heavy atom. The molecule has 0 radical (unpaired) electrons. The summed E-state index contributed by atoms with van der Waals surface area (Å²) >= 11 is 3.40. The second-order valence-electron chi connectivity index (χ2n) is 6.56. The van der Waals surface area contributed by atoms with Gasteiger partial charge in [-0.15, -0.1) is 0 Å². The Labute approximate surface area is 140 Å². The van der Waals surface area contributed by atoms with Crippen molar-refractivity contribution >= 4 is 22.0 Å². The minimum atomic E-state index is -0.446. The summed E-state index contributed by atoms with van der Waals surface area (Å²) in [5.41, 5.74) is -0.446. The zero-order chi connectivity index (χ0) is 16.2. The highest BCUT2D eigenvalue weighted by Crippen LogP contribution is 2.28. The number of rotatable bonds is 6. The van der Waals surface area contributed by atoms with Crippen molar-refractivity contribution in [3.63, 3.8) is 0 Å². The van der Waals surface area contributed by atoms with Gasteiger partial charge in [0.25, 0.3) is 0 Å². The van der Waals surface area contributed by atoms with Gasteiger partial charge in [-0.05, 0) is 64.3 Å². The molecule has 1 fully saturated rings. The number of benzene rings is 1. The van der Waals surface area contributed by atoms with E-state index >= 15 is 0 Å². The first-order valence-electron chi connectivity index (χ1n) is 7.73. The van der Waals surface area contributed by atoms with Crippen LogP contribution in [0.4, 0.5) is 4.79 Å². The number of hydrogen-bond acceptors (Lipinski definition) is 3. The van der Waals surface area contributed by atoms with E-state index < -0.39 is 5.60 Å². The average Bonchev–Trinajstić information content (AvgIpc) is 3.23. The maximum absolute atomic E-state index is 12.2. The molecule has 4 nitrogen and oxygen atoms in total. The number of hydrogen-bond donors (Lipinski definition) is 0. The van der Waals surface area contributed by atoms with E-state index in [1.54, 1.807) is 0 Å². The van der Waals surface area contributed by atoms with E-state index in [-0.39, 0.29) is 6.09 Å². The maximum Gasteiger partial charge on any atom is 0.410 e. The van der Waals surface area contributed by atoms with Gasteiger partial charge in [0.1, 0.15) is 11.4 Å². The van der Waals surface area contributed by atoms with Gasteiger partial charge < -0.3 is 14.4 Å². The molecule has 0 aliphatic heterocycles. The van der Waals surface area contributed by atoms with Crippen LogP contribution in [0, 0.1) is 0 Å². The molecule has 0 aromatic heterocycles. The quantitative estimate of drug-likeness (QED) is 0.686. The molecular weight excluding hydrogens is 346 g/mol. The monoisotopic (exact) mass is 369 g/mol. The van der Waals surface area contributed by atoms with Gasteiger partial charge in [0.2, 0.25) is 0 Å². The Morgan fingerprint density at radius 2 is 1.91 bits per heavy atom.